The van der Waals surface area contributed by atoms with E-state index in [1.54, 1.807) is 25.2 Å². The SMILES string of the molecule is CNP(=O)(c1ccccc1)c1cccc(C(C)(C)c2cccc(-c3ccc(F)nc3F)n2)n1. The average Bonchev–Trinajstić information content (AvgIpc) is 2.84. The van der Waals surface area contributed by atoms with E-state index >= 15 is 0 Å². The summed E-state index contributed by atoms with van der Waals surface area (Å²) >= 11 is 0. The van der Waals surface area contributed by atoms with Crippen molar-refractivity contribution in [1.29, 1.82) is 0 Å². The number of aromatic nitrogens is 3. The van der Waals surface area contributed by atoms with Gasteiger partial charge in [-0.3, -0.25) is 14.6 Å². The van der Waals surface area contributed by atoms with Crippen molar-refractivity contribution in [3.8, 4) is 11.3 Å². The van der Waals surface area contributed by atoms with Crippen molar-refractivity contribution in [3.63, 3.8) is 0 Å². The molecule has 4 rings (SSSR count). The topological polar surface area (TPSA) is 67.8 Å². The third kappa shape index (κ3) is 4.34. The van der Waals surface area contributed by atoms with E-state index in [1.807, 2.05) is 62.4 Å². The Labute approximate surface area is 191 Å². The summed E-state index contributed by atoms with van der Waals surface area (Å²) in [6.07, 6.45) is 0. The Hall–Kier alpha value is -3.28. The maximum atomic E-state index is 14.2. The summed E-state index contributed by atoms with van der Waals surface area (Å²) in [5.41, 5.74) is 1.49. The Morgan fingerprint density at radius 3 is 2.12 bits per heavy atom. The van der Waals surface area contributed by atoms with Crippen LogP contribution in [-0.2, 0) is 9.98 Å². The van der Waals surface area contributed by atoms with Crippen LogP contribution in [0.2, 0.25) is 0 Å². The first kappa shape index (κ1) is 22.9. The van der Waals surface area contributed by atoms with E-state index in [2.05, 4.69) is 15.1 Å². The summed E-state index contributed by atoms with van der Waals surface area (Å²) in [5.74, 6) is -1.81. The van der Waals surface area contributed by atoms with Gasteiger partial charge in [0.2, 0.25) is 19.2 Å². The molecule has 1 N–H and O–H groups in total. The second-order valence-electron chi connectivity index (χ2n) is 8.05. The summed E-state index contributed by atoms with van der Waals surface area (Å²) in [5, 5.41) is 3.63. The molecular formula is C25H23F2N4OP. The van der Waals surface area contributed by atoms with Gasteiger partial charge in [0, 0.05) is 10.7 Å². The van der Waals surface area contributed by atoms with Crippen LogP contribution in [0.4, 0.5) is 8.78 Å². The van der Waals surface area contributed by atoms with Gasteiger partial charge in [0.15, 0.2) is 0 Å². The van der Waals surface area contributed by atoms with E-state index in [0.717, 1.165) is 6.07 Å². The summed E-state index contributed by atoms with van der Waals surface area (Å²) < 4.78 is 41.3. The number of benzene rings is 1. The lowest BCUT2D eigenvalue weighted by molar-refractivity contribution is 0.514. The number of nitrogens with one attached hydrogen (secondary N) is 1. The van der Waals surface area contributed by atoms with Crippen LogP contribution in [0.5, 0.6) is 0 Å². The molecule has 1 unspecified atom stereocenters. The second-order valence-corrected chi connectivity index (χ2v) is 10.7. The largest absolute Gasteiger partial charge is 0.295 e. The molecule has 0 radical (unpaired) electrons. The lowest BCUT2D eigenvalue weighted by atomic mass is 9.84. The number of hydrogen-bond donors (Lipinski definition) is 1. The maximum Gasteiger partial charge on any atom is 0.224 e. The molecule has 0 bridgehead atoms. The highest BCUT2D eigenvalue weighted by atomic mass is 31.2. The van der Waals surface area contributed by atoms with Gasteiger partial charge in [-0.2, -0.15) is 13.8 Å². The van der Waals surface area contributed by atoms with E-state index in [1.165, 1.54) is 6.07 Å². The van der Waals surface area contributed by atoms with Crippen molar-refractivity contribution in [2.24, 2.45) is 0 Å². The molecule has 0 spiro atoms. The van der Waals surface area contributed by atoms with Crippen LogP contribution >= 0.6 is 7.29 Å². The van der Waals surface area contributed by atoms with Crippen LogP contribution in [-0.4, -0.2) is 22.0 Å². The minimum Gasteiger partial charge on any atom is -0.295 e. The van der Waals surface area contributed by atoms with Crippen LogP contribution < -0.4 is 15.8 Å². The van der Waals surface area contributed by atoms with Crippen LogP contribution in [0, 0.1) is 11.9 Å². The normalized spacial score (nSPS) is 13.5. The summed E-state index contributed by atoms with van der Waals surface area (Å²) in [4.78, 5) is 12.6. The van der Waals surface area contributed by atoms with Gasteiger partial charge < -0.3 is 0 Å². The molecule has 8 heteroatoms. The number of rotatable bonds is 6. The third-order valence-electron chi connectivity index (χ3n) is 5.61. The van der Waals surface area contributed by atoms with Gasteiger partial charge in [-0.15, -0.1) is 0 Å². The third-order valence-corrected chi connectivity index (χ3v) is 8.16. The Balaban J connectivity index is 1.77. The number of nitrogens with zero attached hydrogens (tertiary/aromatic N) is 3. The Morgan fingerprint density at radius 1 is 0.788 bits per heavy atom. The average molecular weight is 464 g/mol. The number of pyridine rings is 3. The summed E-state index contributed by atoms with van der Waals surface area (Å²) in [7, 11) is -1.48. The molecule has 3 aromatic heterocycles. The molecule has 1 atom stereocenters. The van der Waals surface area contributed by atoms with E-state index in [-0.39, 0.29) is 5.56 Å². The fourth-order valence-electron chi connectivity index (χ4n) is 3.63. The molecule has 0 fully saturated rings. The van der Waals surface area contributed by atoms with Crippen molar-refractivity contribution in [1.82, 2.24) is 20.0 Å². The van der Waals surface area contributed by atoms with Crippen molar-refractivity contribution in [3.05, 3.63) is 102 Å². The predicted molar refractivity (Wildman–Crippen MR) is 126 cm³/mol. The fourth-order valence-corrected chi connectivity index (χ4v) is 5.52. The molecule has 0 aliphatic carbocycles. The van der Waals surface area contributed by atoms with Crippen molar-refractivity contribution >= 4 is 18.0 Å². The Morgan fingerprint density at radius 2 is 1.45 bits per heavy atom. The minimum atomic E-state index is -3.14. The van der Waals surface area contributed by atoms with Crippen LogP contribution in [0.1, 0.15) is 25.2 Å². The lowest BCUT2D eigenvalue weighted by Crippen LogP contribution is -2.30. The van der Waals surface area contributed by atoms with Gasteiger partial charge in [0.05, 0.1) is 22.6 Å². The van der Waals surface area contributed by atoms with E-state index in [4.69, 9.17) is 4.98 Å². The Bertz CT molecular complexity index is 1350. The smallest absolute Gasteiger partial charge is 0.224 e. The highest BCUT2D eigenvalue weighted by molar-refractivity contribution is 7.76. The maximum absolute atomic E-state index is 14.2. The molecule has 3 heterocycles. The summed E-state index contributed by atoms with van der Waals surface area (Å²) in [6, 6.07) is 22.2. The standard InChI is InChI=1S/C25H23F2N4OP/c1-25(2,20-12-7-11-19(29-20)18-15-16-22(26)31-24(18)27)21-13-8-14-23(30-21)33(32,28-3)17-9-5-4-6-10-17/h4-16H,1-3H3,(H,28,32). The Kier molecular flexibility index (Phi) is 6.19. The molecule has 168 valence electrons. The lowest BCUT2D eigenvalue weighted by Gasteiger charge is -2.26. The van der Waals surface area contributed by atoms with Crippen LogP contribution in [0.25, 0.3) is 11.3 Å². The van der Waals surface area contributed by atoms with Gasteiger partial charge in [0.25, 0.3) is 0 Å². The van der Waals surface area contributed by atoms with Crippen molar-refractivity contribution in [2.75, 3.05) is 7.05 Å². The summed E-state index contributed by atoms with van der Waals surface area (Å²) in [6.45, 7) is 3.88. The molecule has 0 saturated carbocycles. The quantitative estimate of drug-likeness (QED) is 0.334. The predicted octanol–water partition coefficient (Wildman–Crippen LogP) is 4.59. The highest BCUT2D eigenvalue weighted by Gasteiger charge is 2.31. The minimum absolute atomic E-state index is 0.111. The zero-order valence-electron chi connectivity index (χ0n) is 18.5. The zero-order valence-corrected chi connectivity index (χ0v) is 19.4. The van der Waals surface area contributed by atoms with Crippen LogP contribution in [0.15, 0.2) is 78.9 Å². The highest BCUT2D eigenvalue weighted by Crippen LogP contribution is 2.38. The molecular weight excluding hydrogens is 441 g/mol. The monoisotopic (exact) mass is 464 g/mol. The number of halogens is 2. The molecule has 4 aromatic rings. The first-order valence-corrected chi connectivity index (χ1v) is 12.1. The fraction of sp³-hybridized carbons (Fsp3) is 0.160. The second kappa shape index (κ2) is 8.93. The van der Waals surface area contributed by atoms with E-state index in [9.17, 15) is 13.3 Å². The van der Waals surface area contributed by atoms with E-state index in [0.29, 0.717) is 27.8 Å². The molecule has 5 nitrogen and oxygen atoms in total. The van der Waals surface area contributed by atoms with E-state index < -0.39 is 24.6 Å². The molecule has 1 aromatic carbocycles. The van der Waals surface area contributed by atoms with Gasteiger partial charge in [0.1, 0.15) is 5.44 Å². The first-order chi connectivity index (χ1) is 15.8. The van der Waals surface area contributed by atoms with Gasteiger partial charge in [-0.25, -0.2) is 4.98 Å². The first-order valence-electron chi connectivity index (χ1n) is 10.4. The molecule has 33 heavy (non-hydrogen) atoms. The number of hydrogen-bond acceptors (Lipinski definition) is 4. The van der Waals surface area contributed by atoms with Crippen molar-refractivity contribution < 1.29 is 13.3 Å². The van der Waals surface area contributed by atoms with Gasteiger partial charge in [-0.05, 0) is 69.4 Å². The van der Waals surface area contributed by atoms with Crippen LogP contribution in [0.3, 0.4) is 0 Å². The van der Waals surface area contributed by atoms with Gasteiger partial charge >= 0.3 is 0 Å². The van der Waals surface area contributed by atoms with Crippen molar-refractivity contribution in [2.45, 2.75) is 19.3 Å². The van der Waals surface area contributed by atoms with Gasteiger partial charge in [-0.1, -0.05) is 30.3 Å². The zero-order chi connectivity index (χ0) is 23.6. The molecule has 0 aliphatic heterocycles. The molecule has 0 saturated heterocycles. The molecule has 0 aliphatic rings. The molecule has 0 amide bonds.